The minimum absolute atomic E-state index is 0.00254. The van der Waals surface area contributed by atoms with Gasteiger partial charge < -0.3 is 10.0 Å². The van der Waals surface area contributed by atoms with E-state index in [1.54, 1.807) is 0 Å². The van der Waals surface area contributed by atoms with Gasteiger partial charge in [-0.25, -0.2) is 0 Å². The Kier molecular flexibility index (Phi) is 5.45. The van der Waals surface area contributed by atoms with Gasteiger partial charge in [-0.15, -0.1) is 0 Å². The number of carbonyl (C=O) groups is 2. The molecule has 0 radical (unpaired) electrons. The third-order valence-corrected chi connectivity index (χ3v) is 5.23. The summed E-state index contributed by atoms with van der Waals surface area (Å²) in [6.07, 6.45) is 8.45. The Balaban J connectivity index is 1.62. The lowest BCUT2D eigenvalue weighted by atomic mass is 9.89. The summed E-state index contributed by atoms with van der Waals surface area (Å²) in [5.41, 5.74) is 1.32. The van der Waals surface area contributed by atoms with Gasteiger partial charge in [0.05, 0.1) is 6.04 Å². The molecule has 2 aliphatic rings. The monoisotopic (exact) mass is 331 g/mol. The molecular weight excluding hydrogens is 306 g/mol. The molecule has 2 saturated heterocycles. The first-order valence-corrected chi connectivity index (χ1v) is 8.79. The number of hydrogen-bond donors (Lipinski definition) is 1. The van der Waals surface area contributed by atoms with Gasteiger partial charge in [0.25, 0.3) is 0 Å². The maximum absolute atomic E-state index is 12.7. The van der Waals surface area contributed by atoms with Crippen LogP contribution in [-0.4, -0.2) is 64.0 Å². The van der Waals surface area contributed by atoms with Gasteiger partial charge in [0.1, 0.15) is 6.54 Å². The van der Waals surface area contributed by atoms with E-state index in [-0.39, 0.29) is 18.5 Å². The molecule has 1 atom stereocenters. The fraction of sp³-hybridized carbons (Fsp3) is 0.611. The van der Waals surface area contributed by atoms with Crippen LogP contribution in [0.2, 0.25) is 0 Å². The number of carbonyl (C=O) groups excluding carboxylic acids is 1. The third-order valence-electron chi connectivity index (χ3n) is 5.23. The number of likely N-dealkylation sites (tertiary alicyclic amines) is 2. The van der Waals surface area contributed by atoms with Gasteiger partial charge in [-0.2, -0.15) is 0 Å². The zero-order chi connectivity index (χ0) is 16.9. The number of nitrogens with zero attached hydrogens (tertiary/aromatic N) is 3. The fourth-order valence-corrected chi connectivity index (χ4v) is 3.92. The van der Waals surface area contributed by atoms with Gasteiger partial charge in [-0.3, -0.25) is 19.5 Å². The van der Waals surface area contributed by atoms with E-state index in [4.69, 9.17) is 5.11 Å². The molecule has 0 aliphatic carbocycles. The number of carboxylic acid groups (broad SMARTS) is 1. The highest BCUT2D eigenvalue weighted by Crippen LogP contribution is 2.30. The Hall–Kier alpha value is -1.95. The standard InChI is InChI=1S/C18H25N3O3/c22-17(23)13-21-10-2-1-3-16(18(21)24)20-11-6-15(7-12-20)14-4-8-19-9-5-14/h4-5,8-9,15-16H,1-3,6-7,10-13H2,(H,22,23). The summed E-state index contributed by atoms with van der Waals surface area (Å²) >= 11 is 0. The SMILES string of the molecule is O=C(O)CN1CCCCC(N2CCC(c3ccncc3)CC2)C1=O. The van der Waals surface area contributed by atoms with Crippen LogP contribution in [0.5, 0.6) is 0 Å². The van der Waals surface area contributed by atoms with Gasteiger partial charge in [-0.1, -0.05) is 0 Å². The first-order chi connectivity index (χ1) is 11.6. The summed E-state index contributed by atoms with van der Waals surface area (Å²) in [7, 11) is 0. The van der Waals surface area contributed by atoms with Gasteiger partial charge >= 0.3 is 5.97 Å². The summed E-state index contributed by atoms with van der Waals surface area (Å²) in [6, 6.07) is 4.00. The van der Waals surface area contributed by atoms with Gasteiger partial charge in [0.15, 0.2) is 0 Å². The predicted octanol–water partition coefficient (Wildman–Crippen LogP) is 1.73. The van der Waals surface area contributed by atoms with E-state index in [1.165, 1.54) is 10.5 Å². The lowest BCUT2D eigenvalue weighted by Gasteiger charge is -2.37. The number of pyridine rings is 1. The van der Waals surface area contributed by atoms with Gasteiger partial charge in [-0.05, 0) is 68.8 Å². The van der Waals surface area contributed by atoms with Crippen molar-refractivity contribution in [3.05, 3.63) is 30.1 Å². The molecule has 0 saturated carbocycles. The van der Waals surface area contributed by atoms with Crippen molar-refractivity contribution in [3.8, 4) is 0 Å². The van der Waals surface area contributed by atoms with Crippen molar-refractivity contribution in [2.45, 2.75) is 44.1 Å². The van der Waals surface area contributed by atoms with E-state index in [9.17, 15) is 9.59 Å². The minimum Gasteiger partial charge on any atom is -0.480 e. The molecule has 1 amide bonds. The van der Waals surface area contributed by atoms with Crippen molar-refractivity contribution in [1.82, 2.24) is 14.8 Å². The average molecular weight is 331 g/mol. The molecule has 1 aromatic heterocycles. The largest absolute Gasteiger partial charge is 0.480 e. The molecule has 24 heavy (non-hydrogen) atoms. The highest BCUT2D eigenvalue weighted by molar-refractivity contribution is 5.85. The van der Waals surface area contributed by atoms with Crippen molar-refractivity contribution in [1.29, 1.82) is 0 Å². The molecule has 3 heterocycles. The lowest BCUT2D eigenvalue weighted by molar-refractivity contribution is -0.146. The van der Waals surface area contributed by atoms with Crippen LogP contribution in [0, 0.1) is 0 Å². The molecule has 1 N–H and O–H groups in total. The smallest absolute Gasteiger partial charge is 0.323 e. The zero-order valence-electron chi connectivity index (χ0n) is 13.9. The van der Waals surface area contributed by atoms with E-state index in [0.29, 0.717) is 12.5 Å². The number of hydrogen-bond acceptors (Lipinski definition) is 4. The third kappa shape index (κ3) is 3.93. The Morgan fingerprint density at radius 1 is 1.12 bits per heavy atom. The molecule has 0 aromatic carbocycles. The van der Waals surface area contributed by atoms with E-state index >= 15 is 0 Å². The minimum atomic E-state index is -0.930. The molecule has 2 aliphatic heterocycles. The maximum atomic E-state index is 12.7. The molecule has 0 bridgehead atoms. The summed E-state index contributed by atoms with van der Waals surface area (Å²) in [5, 5.41) is 9.02. The second-order valence-corrected chi connectivity index (χ2v) is 6.76. The predicted molar refractivity (Wildman–Crippen MR) is 89.6 cm³/mol. The highest BCUT2D eigenvalue weighted by Gasteiger charge is 2.34. The Morgan fingerprint density at radius 3 is 2.50 bits per heavy atom. The van der Waals surface area contributed by atoms with Crippen molar-refractivity contribution in [3.63, 3.8) is 0 Å². The Bertz CT molecular complexity index is 570. The van der Waals surface area contributed by atoms with Crippen LogP contribution in [0.15, 0.2) is 24.5 Å². The Morgan fingerprint density at radius 2 is 1.83 bits per heavy atom. The molecule has 3 rings (SSSR count). The Labute approximate surface area is 142 Å². The van der Waals surface area contributed by atoms with Crippen LogP contribution in [0.1, 0.15) is 43.6 Å². The molecule has 6 heteroatoms. The lowest BCUT2D eigenvalue weighted by Crippen LogP contribution is -2.51. The van der Waals surface area contributed by atoms with Crippen LogP contribution >= 0.6 is 0 Å². The molecule has 0 spiro atoms. The van der Waals surface area contributed by atoms with Crippen molar-refractivity contribution in [2.24, 2.45) is 0 Å². The first kappa shape index (κ1) is 16.9. The number of piperidine rings is 1. The maximum Gasteiger partial charge on any atom is 0.323 e. The number of rotatable bonds is 4. The van der Waals surface area contributed by atoms with Crippen molar-refractivity contribution < 1.29 is 14.7 Å². The molecule has 1 aromatic rings. The zero-order valence-corrected chi connectivity index (χ0v) is 13.9. The van der Waals surface area contributed by atoms with Gasteiger partial charge in [0, 0.05) is 18.9 Å². The molecule has 2 fully saturated rings. The average Bonchev–Trinajstić information content (AvgIpc) is 2.78. The van der Waals surface area contributed by atoms with Crippen molar-refractivity contribution >= 4 is 11.9 Å². The number of aromatic nitrogens is 1. The van der Waals surface area contributed by atoms with Crippen LogP contribution in [0.3, 0.4) is 0 Å². The van der Waals surface area contributed by atoms with Crippen molar-refractivity contribution in [2.75, 3.05) is 26.2 Å². The molecular formula is C18H25N3O3. The molecule has 130 valence electrons. The van der Waals surface area contributed by atoms with E-state index in [2.05, 4.69) is 22.0 Å². The summed E-state index contributed by atoms with van der Waals surface area (Å²) in [4.78, 5) is 31.6. The fourth-order valence-electron chi connectivity index (χ4n) is 3.92. The van der Waals surface area contributed by atoms with Crippen LogP contribution in [0.4, 0.5) is 0 Å². The topological polar surface area (TPSA) is 73.7 Å². The van der Waals surface area contributed by atoms with Crippen LogP contribution in [0.25, 0.3) is 0 Å². The van der Waals surface area contributed by atoms with Gasteiger partial charge in [0.2, 0.25) is 5.91 Å². The molecule has 6 nitrogen and oxygen atoms in total. The van der Waals surface area contributed by atoms with E-state index in [0.717, 1.165) is 45.2 Å². The summed E-state index contributed by atoms with van der Waals surface area (Å²) in [6.45, 7) is 2.17. The van der Waals surface area contributed by atoms with E-state index in [1.807, 2.05) is 12.4 Å². The first-order valence-electron chi connectivity index (χ1n) is 8.79. The normalized spacial score (nSPS) is 23.9. The van der Waals surface area contributed by atoms with Crippen LogP contribution in [-0.2, 0) is 9.59 Å². The summed E-state index contributed by atoms with van der Waals surface area (Å²) < 4.78 is 0. The number of carboxylic acids is 1. The number of aliphatic carboxylic acids is 1. The summed E-state index contributed by atoms with van der Waals surface area (Å²) in [5.74, 6) is -0.405. The van der Waals surface area contributed by atoms with E-state index < -0.39 is 5.97 Å². The number of amides is 1. The van der Waals surface area contributed by atoms with Crippen LogP contribution < -0.4 is 0 Å². The highest BCUT2D eigenvalue weighted by atomic mass is 16.4. The second-order valence-electron chi connectivity index (χ2n) is 6.76. The molecule has 1 unspecified atom stereocenters. The quantitative estimate of drug-likeness (QED) is 0.909. The second kappa shape index (κ2) is 7.75.